The number of hydrogen-bond acceptors (Lipinski definition) is 3. The second kappa shape index (κ2) is 8.31. The highest BCUT2D eigenvalue weighted by molar-refractivity contribution is 5.84. The van der Waals surface area contributed by atoms with Gasteiger partial charge >= 0.3 is 0 Å². The van der Waals surface area contributed by atoms with Crippen LogP contribution in [0.3, 0.4) is 0 Å². The van der Waals surface area contributed by atoms with Gasteiger partial charge in [0, 0.05) is 6.54 Å². The van der Waals surface area contributed by atoms with Crippen LogP contribution in [-0.4, -0.2) is 24.2 Å². The van der Waals surface area contributed by atoms with Gasteiger partial charge in [-0.2, -0.15) is 0 Å². The number of carbonyl (C=O) groups excluding carboxylic acids is 1. The smallest absolute Gasteiger partial charge is 0.257 e. The van der Waals surface area contributed by atoms with Crippen LogP contribution >= 0.6 is 0 Å². The number of fused-ring (bicyclic) bond motifs is 1. The Morgan fingerprint density at radius 3 is 2.40 bits per heavy atom. The molecule has 0 spiro atoms. The number of benzene rings is 3. The van der Waals surface area contributed by atoms with E-state index in [1.165, 1.54) is 0 Å². The predicted octanol–water partition coefficient (Wildman–Crippen LogP) is 3.07. The number of nitrogens with one attached hydrogen (secondary N) is 1. The first-order valence-electron chi connectivity index (χ1n) is 8.31. The molecule has 1 amide bonds. The molecule has 0 aliphatic carbocycles. The molecule has 0 unspecified atom stereocenters. The van der Waals surface area contributed by atoms with Gasteiger partial charge in [0.15, 0.2) is 6.61 Å². The Morgan fingerprint density at radius 1 is 0.920 bits per heavy atom. The van der Waals surface area contributed by atoms with E-state index in [0.717, 1.165) is 28.3 Å². The lowest BCUT2D eigenvalue weighted by Crippen LogP contribution is -2.30. The molecule has 3 aromatic carbocycles. The number of rotatable bonds is 7. The van der Waals surface area contributed by atoms with E-state index in [-0.39, 0.29) is 19.1 Å². The molecule has 4 nitrogen and oxygen atoms in total. The van der Waals surface area contributed by atoms with Crippen molar-refractivity contribution in [3.8, 4) is 5.75 Å². The van der Waals surface area contributed by atoms with Crippen molar-refractivity contribution in [2.24, 2.45) is 0 Å². The number of hydrogen-bond donors (Lipinski definition) is 2. The van der Waals surface area contributed by atoms with E-state index in [0.29, 0.717) is 12.3 Å². The third-order valence-corrected chi connectivity index (χ3v) is 4.03. The molecule has 0 saturated heterocycles. The Balaban J connectivity index is 1.43. The highest BCUT2D eigenvalue weighted by atomic mass is 16.5. The van der Waals surface area contributed by atoms with E-state index in [4.69, 9.17) is 9.84 Å². The molecule has 0 heterocycles. The van der Waals surface area contributed by atoms with Gasteiger partial charge in [0.2, 0.25) is 0 Å². The van der Waals surface area contributed by atoms with Crippen molar-refractivity contribution >= 4 is 16.7 Å². The Labute approximate surface area is 147 Å². The summed E-state index contributed by atoms with van der Waals surface area (Å²) in [6.07, 6.45) is 0.743. The molecule has 0 radical (unpaired) electrons. The Hall–Kier alpha value is -2.85. The standard InChI is InChI=1S/C21H21NO3/c23-14-17-7-5-16(6-8-17)11-12-22-21(24)15-25-20-10-9-18-3-1-2-4-19(18)13-20/h1-10,13,23H,11-12,14-15H2,(H,22,24). The molecule has 0 aliphatic rings. The van der Waals surface area contributed by atoms with Crippen molar-refractivity contribution in [3.05, 3.63) is 77.9 Å². The summed E-state index contributed by atoms with van der Waals surface area (Å²) in [5.74, 6) is 0.550. The SMILES string of the molecule is O=C(COc1ccc2ccccc2c1)NCCc1ccc(CO)cc1. The van der Waals surface area contributed by atoms with Crippen molar-refractivity contribution in [3.63, 3.8) is 0 Å². The lowest BCUT2D eigenvalue weighted by Gasteiger charge is -2.09. The number of carbonyl (C=O) groups is 1. The van der Waals surface area contributed by atoms with E-state index >= 15 is 0 Å². The van der Waals surface area contributed by atoms with Crippen molar-refractivity contribution in [2.45, 2.75) is 13.0 Å². The van der Waals surface area contributed by atoms with Crippen molar-refractivity contribution in [1.29, 1.82) is 0 Å². The van der Waals surface area contributed by atoms with Gasteiger partial charge in [-0.1, -0.05) is 54.6 Å². The third-order valence-electron chi connectivity index (χ3n) is 4.03. The second-order valence-corrected chi connectivity index (χ2v) is 5.87. The fraction of sp³-hybridized carbons (Fsp3) is 0.190. The quantitative estimate of drug-likeness (QED) is 0.698. The number of aliphatic hydroxyl groups excluding tert-OH is 1. The molecule has 0 saturated carbocycles. The molecule has 0 aromatic heterocycles. The van der Waals surface area contributed by atoms with Gasteiger partial charge in [0.25, 0.3) is 5.91 Å². The molecule has 0 atom stereocenters. The van der Waals surface area contributed by atoms with Gasteiger partial charge < -0.3 is 15.2 Å². The molecule has 0 fully saturated rings. The van der Waals surface area contributed by atoms with Gasteiger partial charge in [-0.15, -0.1) is 0 Å². The van der Waals surface area contributed by atoms with Crippen LogP contribution in [0.4, 0.5) is 0 Å². The largest absolute Gasteiger partial charge is 0.484 e. The minimum Gasteiger partial charge on any atom is -0.484 e. The average Bonchev–Trinajstić information content (AvgIpc) is 2.67. The number of amides is 1. The van der Waals surface area contributed by atoms with Crippen molar-refractivity contribution in [1.82, 2.24) is 5.32 Å². The fourth-order valence-electron chi connectivity index (χ4n) is 2.61. The molecular weight excluding hydrogens is 314 g/mol. The molecule has 0 bridgehead atoms. The molecular formula is C21H21NO3. The summed E-state index contributed by atoms with van der Waals surface area (Å²) in [6.45, 7) is 0.600. The highest BCUT2D eigenvalue weighted by Crippen LogP contribution is 2.20. The lowest BCUT2D eigenvalue weighted by atomic mass is 10.1. The summed E-state index contributed by atoms with van der Waals surface area (Å²) in [5.41, 5.74) is 2.00. The molecule has 0 aliphatic heterocycles. The first-order valence-corrected chi connectivity index (χ1v) is 8.31. The Morgan fingerprint density at radius 2 is 1.64 bits per heavy atom. The van der Waals surface area contributed by atoms with Crippen LogP contribution in [-0.2, 0) is 17.8 Å². The Kier molecular flexibility index (Phi) is 5.65. The van der Waals surface area contributed by atoms with Crippen LogP contribution in [0.15, 0.2) is 66.7 Å². The number of aliphatic hydroxyl groups is 1. The average molecular weight is 335 g/mol. The van der Waals surface area contributed by atoms with Gasteiger partial charge in [0.05, 0.1) is 6.61 Å². The van der Waals surface area contributed by atoms with Crippen LogP contribution in [0.25, 0.3) is 10.8 Å². The molecule has 3 aromatic rings. The second-order valence-electron chi connectivity index (χ2n) is 5.87. The maximum Gasteiger partial charge on any atom is 0.257 e. The van der Waals surface area contributed by atoms with E-state index in [2.05, 4.69) is 5.32 Å². The van der Waals surface area contributed by atoms with E-state index < -0.39 is 0 Å². The van der Waals surface area contributed by atoms with Crippen LogP contribution < -0.4 is 10.1 Å². The topological polar surface area (TPSA) is 58.6 Å². The summed E-state index contributed by atoms with van der Waals surface area (Å²) >= 11 is 0. The minimum atomic E-state index is -0.139. The summed E-state index contributed by atoms with van der Waals surface area (Å²) in [4.78, 5) is 11.9. The van der Waals surface area contributed by atoms with E-state index in [1.54, 1.807) is 0 Å². The number of ether oxygens (including phenoxy) is 1. The monoisotopic (exact) mass is 335 g/mol. The maximum absolute atomic E-state index is 11.9. The van der Waals surface area contributed by atoms with Crippen LogP contribution in [0.5, 0.6) is 5.75 Å². The van der Waals surface area contributed by atoms with Gasteiger partial charge in [0.1, 0.15) is 5.75 Å². The van der Waals surface area contributed by atoms with E-state index in [9.17, 15) is 4.79 Å². The first kappa shape index (κ1) is 17.0. The maximum atomic E-state index is 11.9. The highest BCUT2D eigenvalue weighted by Gasteiger charge is 2.03. The zero-order chi connectivity index (χ0) is 17.5. The molecule has 3 rings (SSSR count). The molecule has 4 heteroatoms. The summed E-state index contributed by atoms with van der Waals surface area (Å²) in [5, 5.41) is 14.1. The fourth-order valence-corrected chi connectivity index (χ4v) is 2.61. The van der Waals surface area contributed by atoms with Gasteiger partial charge in [-0.3, -0.25) is 4.79 Å². The van der Waals surface area contributed by atoms with E-state index in [1.807, 2.05) is 66.7 Å². The normalized spacial score (nSPS) is 10.6. The summed E-state index contributed by atoms with van der Waals surface area (Å²) < 4.78 is 5.57. The summed E-state index contributed by atoms with van der Waals surface area (Å²) in [7, 11) is 0. The Bertz CT molecular complexity index is 843. The minimum absolute atomic E-state index is 0.00178. The van der Waals surface area contributed by atoms with Crippen molar-refractivity contribution in [2.75, 3.05) is 13.2 Å². The zero-order valence-electron chi connectivity index (χ0n) is 13.9. The van der Waals surface area contributed by atoms with Gasteiger partial charge in [-0.25, -0.2) is 0 Å². The van der Waals surface area contributed by atoms with Crippen LogP contribution in [0, 0.1) is 0 Å². The lowest BCUT2D eigenvalue weighted by molar-refractivity contribution is -0.123. The molecule has 25 heavy (non-hydrogen) atoms. The third kappa shape index (κ3) is 4.81. The van der Waals surface area contributed by atoms with Gasteiger partial charge in [-0.05, 0) is 40.5 Å². The molecule has 2 N–H and O–H groups in total. The first-order chi connectivity index (χ1) is 12.2. The summed E-state index contributed by atoms with van der Waals surface area (Å²) in [6, 6.07) is 21.5. The van der Waals surface area contributed by atoms with Crippen molar-refractivity contribution < 1.29 is 14.6 Å². The van der Waals surface area contributed by atoms with Crippen LogP contribution in [0.1, 0.15) is 11.1 Å². The molecule has 128 valence electrons. The van der Waals surface area contributed by atoms with Crippen LogP contribution in [0.2, 0.25) is 0 Å². The predicted molar refractivity (Wildman–Crippen MR) is 98.5 cm³/mol. The zero-order valence-corrected chi connectivity index (χ0v) is 13.9.